The molecule has 2 unspecified atom stereocenters. The van der Waals surface area contributed by atoms with Crippen LogP contribution in [0.5, 0.6) is 0 Å². The molecule has 0 amide bonds. The smallest absolute Gasteiger partial charge is 0.313 e. The van der Waals surface area contributed by atoms with Crippen molar-refractivity contribution in [1.82, 2.24) is 5.32 Å². The van der Waals surface area contributed by atoms with Crippen LogP contribution in [0.15, 0.2) is 0 Å². The zero-order valence-corrected chi connectivity index (χ0v) is 11.2. The zero-order valence-electron chi connectivity index (χ0n) is 10.4. The lowest BCUT2D eigenvalue weighted by atomic mass is 9.98. The zero-order chi connectivity index (χ0) is 12.7. The molecule has 5 heteroatoms. The summed E-state index contributed by atoms with van der Waals surface area (Å²) >= 11 is 0.0699. The van der Waals surface area contributed by atoms with Crippen molar-refractivity contribution >= 4 is 11.8 Å². The van der Waals surface area contributed by atoms with E-state index in [0.717, 1.165) is 18.8 Å². The molecule has 1 aliphatic carbocycles. The molecule has 1 N–H and O–H groups in total. The average molecular weight is 269 g/mol. The minimum absolute atomic E-state index is 0.0699. The molecule has 0 bridgehead atoms. The predicted molar refractivity (Wildman–Crippen MR) is 67.2 cm³/mol. The van der Waals surface area contributed by atoms with Gasteiger partial charge in [-0.05, 0) is 36.9 Å². The van der Waals surface area contributed by atoms with Crippen LogP contribution in [-0.4, -0.2) is 23.8 Å². The maximum atomic E-state index is 11.9. The monoisotopic (exact) mass is 269 g/mol. The van der Waals surface area contributed by atoms with Gasteiger partial charge in [0.2, 0.25) is 0 Å². The van der Waals surface area contributed by atoms with Gasteiger partial charge >= 0.3 is 5.51 Å². The Bertz CT molecular complexity index is 208. The van der Waals surface area contributed by atoms with Crippen LogP contribution < -0.4 is 5.32 Å². The van der Waals surface area contributed by atoms with Gasteiger partial charge < -0.3 is 5.32 Å². The van der Waals surface area contributed by atoms with E-state index < -0.39 is 5.51 Å². The van der Waals surface area contributed by atoms with E-state index in [1.807, 2.05) is 0 Å². The summed E-state index contributed by atoms with van der Waals surface area (Å²) in [4.78, 5) is 0. The van der Waals surface area contributed by atoms with Crippen LogP contribution in [0.1, 0.15) is 45.4 Å². The Morgan fingerprint density at radius 3 is 2.59 bits per heavy atom. The van der Waals surface area contributed by atoms with Gasteiger partial charge in [-0.2, -0.15) is 13.2 Å². The van der Waals surface area contributed by atoms with Gasteiger partial charge in [0.25, 0.3) is 0 Å². The number of hydrogen-bond donors (Lipinski definition) is 1. The van der Waals surface area contributed by atoms with Gasteiger partial charge in [-0.1, -0.05) is 26.2 Å². The van der Waals surface area contributed by atoms with Crippen LogP contribution in [0, 0.1) is 5.92 Å². The summed E-state index contributed by atoms with van der Waals surface area (Å²) in [5, 5.41) is 3.26. The molecule has 0 aromatic carbocycles. The van der Waals surface area contributed by atoms with Gasteiger partial charge in [0.05, 0.1) is 0 Å². The van der Waals surface area contributed by atoms with E-state index in [-0.39, 0.29) is 17.5 Å². The number of alkyl halides is 3. The molecule has 17 heavy (non-hydrogen) atoms. The normalized spacial score (nSPS) is 26.8. The number of halogens is 3. The lowest BCUT2D eigenvalue weighted by Crippen LogP contribution is -2.30. The van der Waals surface area contributed by atoms with E-state index in [0.29, 0.717) is 12.6 Å². The van der Waals surface area contributed by atoms with Crippen molar-refractivity contribution in [2.45, 2.75) is 57.0 Å². The molecule has 2 atom stereocenters. The van der Waals surface area contributed by atoms with Crippen LogP contribution >= 0.6 is 11.8 Å². The summed E-state index contributed by atoms with van der Waals surface area (Å²) in [5.74, 6) is 0.948. The second-order valence-corrected chi connectivity index (χ2v) is 5.89. The first-order valence-electron chi connectivity index (χ1n) is 6.45. The standard InChI is InChI=1S/C12H22F3NS/c1-2-10-4-3-5-11(7-6-10)16-8-9-17-12(13,14)15/h10-11,16H,2-9H2,1H3. The largest absolute Gasteiger partial charge is 0.441 e. The SMILES string of the molecule is CCC1CCCC(NCCSC(F)(F)F)CC1. The molecule has 1 nitrogen and oxygen atoms in total. The van der Waals surface area contributed by atoms with Crippen LogP contribution in [0.4, 0.5) is 13.2 Å². The minimum atomic E-state index is -4.08. The summed E-state index contributed by atoms with van der Waals surface area (Å²) in [7, 11) is 0. The Morgan fingerprint density at radius 1 is 1.18 bits per heavy atom. The summed E-state index contributed by atoms with van der Waals surface area (Å²) in [6.07, 6.45) is 7.19. The lowest BCUT2D eigenvalue weighted by molar-refractivity contribution is -0.0327. The second kappa shape index (κ2) is 7.52. The Kier molecular flexibility index (Phi) is 6.70. The third-order valence-corrected chi connectivity index (χ3v) is 4.20. The van der Waals surface area contributed by atoms with Crippen molar-refractivity contribution in [3.05, 3.63) is 0 Å². The Morgan fingerprint density at radius 2 is 1.94 bits per heavy atom. The number of thioether (sulfide) groups is 1. The molecule has 0 aliphatic heterocycles. The summed E-state index contributed by atoms with van der Waals surface area (Å²) in [6.45, 7) is 2.68. The first kappa shape index (κ1) is 15.2. The maximum absolute atomic E-state index is 11.9. The first-order valence-corrected chi connectivity index (χ1v) is 7.44. The molecule has 1 rings (SSSR count). The molecule has 0 aromatic rings. The molecular formula is C12H22F3NS. The molecular weight excluding hydrogens is 247 g/mol. The van der Waals surface area contributed by atoms with Crippen LogP contribution in [0.25, 0.3) is 0 Å². The predicted octanol–water partition coefficient (Wildman–Crippen LogP) is 4.19. The fourth-order valence-electron chi connectivity index (χ4n) is 2.42. The molecule has 1 fully saturated rings. The summed E-state index contributed by atoms with van der Waals surface area (Å²) in [6, 6.07) is 0.431. The highest BCUT2D eigenvalue weighted by atomic mass is 32.2. The minimum Gasteiger partial charge on any atom is -0.313 e. The molecule has 0 aromatic heterocycles. The van der Waals surface area contributed by atoms with Crippen molar-refractivity contribution in [2.75, 3.05) is 12.3 Å². The van der Waals surface area contributed by atoms with E-state index in [2.05, 4.69) is 12.2 Å². The molecule has 0 saturated heterocycles. The van der Waals surface area contributed by atoms with Crippen molar-refractivity contribution in [1.29, 1.82) is 0 Å². The quantitative estimate of drug-likeness (QED) is 0.593. The summed E-state index contributed by atoms with van der Waals surface area (Å²) in [5.41, 5.74) is -4.08. The van der Waals surface area contributed by atoms with Gasteiger partial charge in [-0.15, -0.1) is 0 Å². The van der Waals surface area contributed by atoms with E-state index in [1.54, 1.807) is 0 Å². The maximum Gasteiger partial charge on any atom is 0.441 e. The van der Waals surface area contributed by atoms with Gasteiger partial charge in [-0.3, -0.25) is 0 Å². The lowest BCUT2D eigenvalue weighted by Gasteiger charge is -2.16. The fraction of sp³-hybridized carbons (Fsp3) is 1.00. The van der Waals surface area contributed by atoms with Crippen molar-refractivity contribution in [3.63, 3.8) is 0 Å². The van der Waals surface area contributed by atoms with Crippen molar-refractivity contribution in [2.24, 2.45) is 5.92 Å². The van der Waals surface area contributed by atoms with Crippen molar-refractivity contribution < 1.29 is 13.2 Å². The third kappa shape index (κ3) is 7.19. The number of nitrogens with one attached hydrogen (secondary N) is 1. The van der Waals surface area contributed by atoms with E-state index in [1.165, 1.54) is 25.7 Å². The van der Waals surface area contributed by atoms with Gasteiger partial charge in [-0.25, -0.2) is 0 Å². The van der Waals surface area contributed by atoms with Crippen LogP contribution in [-0.2, 0) is 0 Å². The van der Waals surface area contributed by atoms with Crippen molar-refractivity contribution in [3.8, 4) is 0 Å². The highest BCUT2D eigenvalue weighted by molar-refractivity contribution is 8.00. The molecule has 0 heterocycles. The third-order valence-electron chi connectivity index (χ3n) is 3.47. The van der Waals surface area contributed by atoms with E-state index in [9.17, 15) is 13.2 Å². The van der Waals surface area contributed by atoms with Gasteiger partial charge in [0.15, 0.2) is 0 Å². The molecule has 102 valence electrons. The summed E-state index contributed by atoms with van der Waals surface area (Å²) < 4.78 is 35.8. The van der Waals surface area contributed by atoms with Gasteiger partial charge in [0.1, 0.15) is 0 Å². The molecule has 0 spiro atoms. The molecule has 1 aliphatic rings. The number of rotatable bonds is 5. The molecule has 0 radical (unpaired) electrons. The Balaban J connectivity index is 2.11. The Labute approximate surface area is 106 Å². The average Bonchev–Trinajstić information content (AvgIpc) is 2.48. The van der Waals surface area contributed by atoms with E-state index in [4.69, 9.17) is 0 Å². The van der Waals surface area contributed by atoms with Crippen LogP contribution in [0.3, 0.4) is 0 Å². The second-order valence-electron chi connectivity index (χ2n) is 4.73. The topological polar surface area (TPSA) is 12.0 Å². The van der Waals surface area contributed by atoms with E-state index >= 15 is 0 Å². The Hall–Kier alpha value is 0.100. The molecule has 1 saturated carbocycles. The fourth-order valence-corrected chi connectivity index (χ4v) is 2.87. The number of hydrogen-bond acceptors (Lipinski definition) is 2. The first-order chi connectivity index (χ1) is 8.01. The van der Waals surface area contributed by atoms with Crippen LogP contribution in [0.2, 0.25) is 0 Å². The highest BCUT2D eigenvalue weighted by Crippen LogP contribution is 2.29. The highest BCUT2D eigenvalue weighted by Gasteiger charge is 2.27. The van der Waals surface area contributed by atoms with Gasteiger partial charge in [0, 0.05) is 18.3 Å².